The van der Waals surface area contributed by atoms with Crippen LogP contribution in [0.4, 0.5) is 0 Å². The fourth-order valence-corrected chi connectivity index (χ4v) is 2.23. The minimum atomic E-state index is 0.843. The van der Waals surface area contributed by atoms with Crippen LogP contribution in [0.3, 0.4) is 0 Å². The van der Waals surface area contributed by atoms with Crippen LogP contribution in [0.2, 0.25) is 0 Å². The lowest BCUT2D eigenvalue weighted by Gasteiger charge is -2.11. The minimum Gasteiger partial charge on any atom is -0.304 e. The van der Waals surface area contributed by atoms with Gasteiger partial charge in [0.15, 0.2) is 0 Å². The Balaban J connectivity index is 2.23. The van der Waals surface area contributed by atoms with Crippen molar-refractivity contribution in [1.29, 1.82) is 0 Å². The summed E-state index contributed by atoms with van der Waals surface area (Å²) in [7, 11) is 4.13. The number of fused-ring (bicyclic) bond motifs is 1. The van der Waals surface area contributed by atoms with Gasteiger partial charge in [-0.05, 0) is 38.4 Å². The molecule has 96 valence electrons. The summed E-state index contributed by atoms with van der Waals surface area (Å²) < 4.78 is 2.14. The van der Waals surface area contributed by atoms with Gasteiger partial charge in [0.25, 0.3) is 0 Å². The molecule has 0 aliphatic rings. The third-order valence-corrected chi connectivity index (χ3v) is 3.03. The molecule has 0 radical (unpaired) electrons. The maximum absolute atomic E-state index is 4.73. The molecule has 19 heavy (non-hydrogen) atoms. The Kier molecular flexibility index (Phi) is 3.01. The van der Waals surface area contributed by atoms with Crippen LogP contribution in [0.25, 0.3) is 16.9 Å². The van der Waals surface area contributed by atoms with E-state index in [2.05, 4.69) is 34.6 Å². The Morgan fingerprint density at radius 3 is 2.79 bits per heavy atom. The van der Waals surface area contributed by atoms with E-state index in [-0.39, 0.29) is 0 Å². The Labute approximate surface area is 112 Å². The van der Waals surface area contributed by atoms with Gasteiger partial charge in [0.05, 0.1) is 11.4 Å². The molecular formula is C15H16N4. The van der Waals surface area contributed by atoms with Crippen molar-refractivity contribution in [2.45, 2.75) is 6.54 Å². The molecule has 0 bridgehead atoms. The van der Waals surface area contributed by atoms with Gasteiger partial charge in [-0.2, -0.15) is 0 Å². The molecule has 0 saturated carbocycles. The standard InChI is InChI=1S/C15H16N4/c1-18(2)11-13-15(12-6-5-8-16-10-12)17-14-7-3-4-9-19(13)14/h3-10H,11H2,1-2H3. The summed E-state index contributed by atoms with van der Waals surface area (Å²) in [6, 6.07) is 10.1. The normalized spacial score (nSPS) is 11.3. The van der Waals surface area contributed by atoms with E-state index >= 15 is 0 Å². The smallest absolute Gasteiger partial charge is 0.137 e. The largest absolute Gasteiger partial charge is 0.304 e. The molecule has 3 aromatic heterocycles. The molecule has 4 heteroatoms. The number of aromatic nitrogens is 3. The zero-order valence-corrected chi connectivity index (χ0v) is 11.1. The van der Waals surface area contributed by atoms with Crippen LogP contribution < -0.4 is 0 Å². The van der Waals surface area contributed by atoms with Crippen molar-refractivity contribution < 1.29 is 0 Å². The van der Waals surface area contributed by atoms with E-state index in [1.165, 1.54) is 5.69 Å². The number of nitrogens with zero attached hydrogens (tertiary/aromatic N) is 4. The third-order valence-electron chi connectivity index (χ3n) is 3.03. The second-order valence-electron chi connectivity index (χ2n) is 4.82. The lowest BCUT2D eigenvalue weighted by Crippen LogP contribution is -2.13. The monoisotopic (exact) mass is 252 g/mol. The molecule has 0 fully saturated rings. The van der Waals surface area contributed by atoms with E-state index in [1.54, 1.807) is 6.20 Å². The summed E-state index contributed by atoms with van der Waals surface area (Å²) in [5.74, 6) is 0. The molecule has 4 nitrogen and oxygen atoms in total. The summed E-state index contributed by atoms with van der Waals surface area (Å²) in [5.41, 5.74) is 4.22. The quantitative estimate of drug-likeness (QED) is 0.718. The predicted octanol–water partition coefficient (Wildman–Crippen LogP) is 2.46. The zero-order valence-electron chi connectivity index (χ0n) is 11.1. The van der Waals surface area contributed by atoms with Gasteiger partial charge in [-0.1, -0.05) is 6.07 Å². The highest BCUT2D eigenvalue weighted by Gasteiger charge is 2.14. The van der Waals surface area contributed by atoms with E-state index in [1.807, 2.05) is 36.5 Å². The van der Waals surface area contributed by atoms with E-state index in [0.717, 1.165) is 23.4 Å². The van der Waals surface area contributed by atoms with Crippen LogP contribution >= 0.6 is 0 Å². The maximum atomic E-state index is 4.73. The molecule has 0 unspecified atom stereocenters. The Hall–Kier alpha value is -2.20. The first kappa shape index (κ1) is 11.9. The van der Waals surface area contributed by atoms with Gasteiger partial charge < -0.3 is 9.30 Å². The van der Waals surface area contributed by atoms with E-state index < -0.39 is 0 Å². The molecule has 3 heterocycles. The van der Waals surface area contributed by atoms with Crippen LogP contribution in [0.1, 0.15) is 5.69 Å². The number of hydrogen-bond donors (Lipinski definition) is 0. The van der Waals surface area contributed by atoms with E-state index in [9.17, 15) is 0 Å². The van der Waals surface area contributed by atoms with E-state index in [4.69, 9.17) is 4.98 Å². The Morgan fingerprint density at radius 1 is 1.16 bits per heavy atom. The fraction of sp³-hybridized carbons (Fsp3) is 0.200. The highest BCUT2D eigenvalue weighted by Crippen LogP contribution is 2.24. The molecule has 0 saturated heterocycles. The average Bonchev–Trinajstić information content (AvgIpc) is 2.78. The van der Waals surface area contributed by atoms with Crippen molar-refractivity contribution in [2.75, 3.05) is 14.1 Å². The molecule has 3 rings (SSSR count). The second-order valence-corrected chi connectivity index (χ2v) is 4.82. The predicted molar refractivity (Wildman–Crippen MR) is 75.8 cm³/mol. The third kappa shape index (κ3) is 2.22. The van der Waals surface area contributed by atoms with Crippen molar-refractivity contribution in [1.82, 2.24) is 19.3 Å². The second kappa shape index (κ2) is 4.82. The van der Waals surface area contributed by atoms with Crippen molar-refractivity contribution >= 4 is 5.65 Å². The molecule has 0 amide bonds. The van der Waals surface area contributed by atoms with Crippen LogP contribution in [0.5, 0.6) is 0 Å². The molecule has 0 spiro atoms. The Morgan fingerprint density at radius 2 is 2.05 bits per heavy atom. The number of imidazole rings is 1. The van der Waals surface area contributed by atoms with Gasteiger partial charge in [0.2, 0.25) is 0 Å². The maximum Gasteiger partial charge on any atom is 0.137 e. The number of rotatable bonds is 3. The van der Waals surface area contributed by atoms with Crippen LogP contribution in [0.15, 0.2) is 48.9 Å². The molecule has 3 aromatic rings. The molecule has 0 aliphatic heterocycles. The first-order valence-corrected chi connectivity index (χ1v) is 6.27. The fourth-order valence-electron chi connectivity index (χ4n) is 2.23. The van der Waals surface area contributed by atoms with E-state index in [0.29, 0.717) is 0 Å². The highest BCUT2D eigenvalue weighted by molar-refractivity contribution is 5.65. The molecular weight excluding hydrogens is 236 g/mol. The summed E-state index contributed by atoms with van der Waals surface area (Å²) in [6.45, 7) is 0.843. The van der Waals surface area contributed by atoms with Crippen LogP contribution in [-0.4, -0.2) is 33.4 Å². The summed E-state index contributed by atoms with van der Waals surface area (Å²) in [4.78, 5) is 11.1. The molecule has 0 aliphatic carbocycles. The average molecular weight is 252 g/mol. The summed E-state index contributed by atoms with van der Waals surface area (Å²) in [6.07, 6.45) is 5.70. The van der Waals surface area contributed by atoms with Gasteiger partial charge in [-0.3, -0.25) is 4.98 Å². The number of hydrogen-bond acceptors (Lipinski definition) is 3. The Bertz CT molecular complexity index is 686. The highest BCUT2D eigenvalue weighted by atomic mass is 15.1. The molecule has 0 N–H and O–H groups in total. The van der Waals surface area contributed by atoms with Gasteiger partial charge in [-0.25, -0.2) is 4.98 Å². The lowest BCUT2D eigenvalue weighted by atomic mass is 10.1. The van der Waals surface area contributed by atoms with Gasteiger partial charge in [0, 0.05) is 30.7 Å². The molecule has 0 atom stereocenters. The summed E-state index contributed by atoms with van der Waals surface area (Å²) >= 11 is 0. The van der Waals surface area contributed by atoms with Gasteiger partial charge >= 0.3 is 0 Å². The van der Waals surface area contributed by atoms with Crippen molar-refractivity contribution in [3.05, 3.63) is 54.6 Å². The first-order chi connectivity index (χ1) is 9.25. The van der Waals surface area contributed by atoms with Crippen molar-refractivity contribution in [2.24, 2.45) is 0 Å². The minimum absolute atomic E-state index is 0.843. The van der Waals surface area contributed by atoms with Crippen molar-refractivity contribution in [3.63, 3.8) is 0 Å². The summed E-state index contributed by atoms with van der Waals surface area (Å²) in [5, 5.41) is 0. The molecule has 0 aromatic carbocycles. The van der Waals surface area contributed by atoms with Gasteiger partial charge in [0.1, 0.15) is 5.65 Å². The SMILES string of the molecule is CN(C)Cc1c(-c2cccnc2)nc2ccccn12. The first-order valence-electron chi connectivity index (χ1n) is 6.27. The van der Waals surface area contributed by atoms with Crippen LogP contribution in [-0.2, 0) is 6.54 Å². The van der Waals surface area contributed by atoms with Crippen LogP contribution in [0, 0.1) is 0 Å². The van der Waals surface area contributed by atoms with Gasteiger partial charge in [-0.15, -0.1) is 0 Å². The zero-order chi connectivity index (χ0) is 13.2. The van der Waals surface area contributed by atoms with Crippen molar-refractivity contribution in [3.8, 4) is 11.3 Å². The lowest BCUT2D eigenvalue weighted by molar-refractivity contribution is 0.396. The topological polar surface area (TPSA) is 33.4 Å². The number of pyridine rings is 2.